The molecule has 2 aromatic rings. The molecule has 2 saturated heterocycles. The van der Waals surface area contributed by atoms with Crippen molar-refractivity contribution in [2.75, 3.05) is 52.4 Å². The number of carbonyl (C=O) groups is 1. The first-order valence-electron chi connectivity index (χ1n) is 10.5. The molecule has 0 atom stereocenters. The minimum absolute atomic E-state index is 0.271. The van der Waals surface area contributed by atoms with Crippen LogP contribution in [0.3, 0.4) is 0 Å². The summed E-state index contributed by atoms with van der Waals surface area (Å²) in [6, 6.07) is 7.71. The normalized spacial score (nSPS) is 18.3. The number of benzene rings is 1. The van der Waals surface area contributed by atoms with Crippen LogP contribution in [0, 0.1) is 0 Å². The quantitative estimate of drug-likeness (QED) is 0.704. The van der Waals surface area contributed by atoms with E-state index in [1.54, 1.807) is 0 Å². The zero-order valence-corrected chi connectivity index (χ0v) is 17.0. The Morgan fingerprint density at radius 2 is 1.72 bits per heavy atom. The molecule has 2 aliphatic rings. The average Bonchev–Trinajstić information content (AvgIpc) is 3.43. The van der Waals surface area contributed by atoms with Crippen LogP contribution >= 0.6 is 0 Å². The number of piperazine rings is 1. The summed E-state index contributed by atoms with van der Waals surface area (Å²) in [5.41, 5.74) is 0.911. The zero-order valence-electron chi connectivity index (χ0n) is 17.0. The van der Waals surface area contributed by atoms with E-state index in [0.717, 1.165) is 63.4 Å². The Morgan fingerprint density at radius 1 is 1.03 bits per heavy atom. The molecule has 4 rings (SSSR count). The minimum Gasteiger partial charge on any atom is -0.494 e. The molecule has 1 aromatic heterocycles. The van der Waals surface area contributed by atoms with Crippen LogP contribution in [0.4, 0.5) is 0 Å². The number of hydrogen-bond donors (Lipinski definition) is 0. The first-order chi connectivity index (χ1) is 14.2. The second kappa shape index (κ2) is 9.37. The van der Waals surface area contributed by atoms with Gasteiger partial charge in [0.25, 0.3) is 0 Å². The highest BCUT2D eigenvalue weighted by atomic mass is 16.5. The summed E-state index contributed by atoms with van der Waals surface area (Å²) in [7, 11) is 0. The van der Waals surface area contributed by atoms with E-state index in [1.165, 1.54) is 0 Å². The third-order valence-corrected chi connectivity index (χ3v) is 5.53. The average molecular weight is 399 g/mol. The number of ether oxygens (including phenoxy) is 1. The van der Waals surface area contributed by atoms with Crippen LogP contribution in [0.25, 0.3) is 11.4 Å². The monoisotopic (exact) mass is 399 g/mol. The van der Waals surface area contributed by atoms with Crippen molar-refractivity contribution >= 4 is 5.91 Å². The number of amides is 1. The van der Waals surface area contributed by atoms with Crippen molar-refractivity contribution in [3.63, 3.8) is 0 Å². The van der Waals surface area contributed by atoms with Crippen LogP contribution in [0.2, 0.25) is 0 Å². The highest BCUT2D eigenvalue weighted by Gasteiger charge is 2.24. The Bertz CT molecular complexity index is 793. The molecule has 0 spiro atoms. The molecule has 1 aromatic carbocycles. The van der Waals surface area contributed by atoms with E-state index in [9.17, 15) is 4.79 Å². The van der Waals surface area contributed by atoms with Crippen molar-refractivity contribution in [3.05, 3.63) is 30.2 Å². The van der Waals surface area contributed by atoms with Crippen LogP contribution in [0.1, 0.15) is 25.7 Å². The Labute approximate surface area is 171 Å². The summed E-state index contributed by atoms with van der Waals surface area (Å²) in [6.07, 6.45) is 2.28. The standard InChI is InChI=1S/C21H29N5O3/c1-2-28-18-7-5-17(6-8-18)21-22-19(29-23-21)15-24-11-13-25(14-12-24)16-20(27)26-9-3-4-10-26/h5-8H,2-4,9-16H2,1H3. The van der Waals surface area contributed by atoms with Crippen LogP contribution in [-0.2, 0) is 11.3 Å². The van der Waals surface area contributed by atoms with E-state index >= 15 is 0 Å². The summed E-state index contributed by atoms with van der Waals surface area (Å²) in [4.78, 5) is 23.4. The van der Waals surface area contributed by atoms with E-state index in [0.29, 0.717) is 31.4 Å². The lowest BCUT2D eigenvalue weighted by Gasteiger charge is -2.34. The third-order valence-electron chi connectivity index (χ3n) is 5.53. The summed E-state index contributed by atoms with van der Waals surface area (Å²) in [5, 5.41) is 4.11. The number of carbonyl (C=O) groups excluding carboxylic acids is 1. The fraction of sp³-hybridized carbons (Fsp3) is 0.571. The maximum absolute atomic E-state index is 12.3. The lowest BCUT2D eigenvalue weighted by molar-refractivity contribution is -0.131. The number of rotatable bonds is 7. The van der Waals surface area contributed by atoms with Crippen molar-refractivity contribution in [2.45, 2.75) is 26.3 Å². The van der Waals surface area contributed by atoms with Gasteiger partial charge in [-0.1, -0.05) is 5.16 Å². The van der Waals surface area contributed by atoms with Gasteiger partial charge in [0.2, 0.25) is 17.6 Å². The summed E-state index contributed by atoms with van der Waals surface area (Å²) in [5.74, 6) is 2.32. The molecule has 3 heterocycles. The van der Waals surface area contributed by atoms with Crippen molar-refractivity contribution in [1.82, 2.24) is 24.8 Å². The third kappa shape index (κ3) is 5.13. The first kappa shape index (κ1) is 19.8. The van der Waals surface area contributed by atoms with Crippen molar-refractivity contribution in [2.24, 2.45) is 0 Å². The molecule has 8 heteroatoms. The lowest BCUT2D eigenvalue weighted by Crippen LogP contribution is -2.49. The maximum Gasteiger partial charge on any atom is 0.241 e. The molecule has 2 fully saturated rings. The summed E-state index contributed by atoms with van der Waals surface area (Å²) in [6.45, 7) is 9.20. The van der Waals surface area contributed by atoms with E-state index in [2.05, 4.69) is 19.9 Å². The summed E-state index contributed by atoms with van der Waals surface area (Å²) < 4.78 is 10.9. The van der Waals surface area contributed by atoms with Gasteiger partial charge in [0.15, 0.2) is 0 Å². The molecule has 156 valence electrons. The molecule has 0 unspecified atom stereocenters. The molecular weight excluding hydrogens is 370 g/mol. The molecule has 0 bridgehead atoms. The largest absolute Gasteiger partial charge is 0.494 e. The Kier molecular flexibility index (Phi) is 6.41. The molecule has 29 heavy (non-hydrogen) atoms. The fourth-order valence-corrected chi connectivity index (χ4v) is 3.86. The topological polar surface area (TPSA) is 74.9 Å². The van der Waals surface area contributed by atoms with E-state index in [4.69, 9.17) is 9.26 Å². The lowest BCUT2D eigenvalue weighted by atomic mass is 10.2. The van der Waals surface area contributed by atoms with Crippen LogP contribution in [0.15, 0.2) is 28.8 Å². The molecule has 0 N–H and O–H groups in total. The molecule has 1 amide bonds. The molecule has 0 aliphatic carbocycles. The van der Waals surface area contributed by atoms with Gasteiger partial charge in [-0.25, -0.2) is 0 Å². The van der Waals surface area contributed by atoms with Crippen LogP contribution in [-0.4, -0.2) is 83.2 Å². The number of likely N-dealkylation sites (tertiary alicyclic amines) is 1. The Morgan fingerprint density at radius 3 is 2.41 bits per heavy atom. The molecule has 8 nitrogen and oxygen atoms in total. The van der Waals surface area contributed by atoms with Gasteiger partial charge in [-0.15, -0.1) is 0 Å². The van der Waals surface area contributed by atoms with Gasteiger partial charge in [-0.05, 0) is 44.0 Å². The minimum atomic E-state index is 0.271. The van der Waals surface area contributed by atoms with E-state index in [1.807, 2.05) is 36.1 Å². The molecular formula is C21H29N5O3. The van der Waals surface area contributed by atoms with E-state index < -0.39 is 0 Å². The van der Waals surface area contributed by atoms with Gasteiger partial charge in [0.05, 0.1) is 19.7 Å². The van der Waals surface area contributed by atoms with Crippen molar-refractivity contribution in [1.29, 1.82) is 0 Å². The second-order valence-electron chi connectivity index (χ2n) is 7.61. The van der Waals surface area contributed by atoms with Gasteiger partial charge in [-0.3, -0.25) is 14.6 Å². The van der Waals surface area contributed by atoms with Gasteiger partial charge in [-0.2, -0.15) is 4.98 Å². The Hall–Kier alpha value is -2.45. The highest BCUT2D eigenvalue weighted by molar-refractivity contribution is 5.78. The SMILES string of the molecule is CCOc1ccc(-c2noc(CN3CCN(CC(=O)N4CCCC4)CC3)n2)cc1. The molecule has 0 saturated carbocycles. The van der Waals surface area contributed by atoms with Crippen molar-refractivity contribution < 1.29 is 14.1 Å². The van der Waals surface area contributed by atoms with Gasteiger partial charge >= 0.3 is 0 Å². The smallest absolute Gasteiger partial charge is 0.241 e. The Balaban J connectivity index is 1.25. The highest BCUT2D eigenvalue weighted by Crippen LogP contribution is 2.20. The number of nitrogens with zero attached hydrogens (tertiary/aromatic N) is 5. The van der Waals surface area contributed by atoms with Crippen molar-refractivity contribution in [3.8, 4) is 17.1 Å². The predicted molar refractivity (Wildman–Crippen MR) is 108 cm³/mol. The number of aromatic nitrogens is 2. The van der Waals surface area contributed by atoms with Gasteiger partial charge in [0, 0.05) is 44.8 Å². The fourth-order valence-electron chi connectivity index (χ4n) is 3.86. The van der Waals surface area contributed by atoms with Crippen LogP contribution in [0.5, 0.6) is 5.75 Å². The maximum atomic E-state index is 12.3. The van der Waals surface area contributed by atoms with Gasteiger partial charge < -0.3 is 14.2 Å². The molecule has 2 aliphatic heterocycles. The first-order valence-corrected chi connectivity index (χ1v) is 10.5. The van der Waals surface area contributed by atoms with E-state index in [-0.39, 0.29) is 5.91 Å². The second-order valence-corrected chi connectivity index (χ2v) is 7.61. The van der Waals surface area contributed by atoms with Crippen LogP contribution < -0.4 is 4.74 Å². The summed E-state index contributed by atoms with van der Waals surface area (Å²) >= 11 is 0. The van der Waals surface area contributed by atoms with Gasteiger partial charge in [0.1, 0.15) is 5.75 Å². The predicted octanol–water partition coefficient (Wildman–Crippen LogP) is 1.88. The zero-order chi connectivity index (χ0) is 20.1. The molecule has 0 radical (unpaired) electrons. The number of hydrogen-bond acceptors (Lipinski definition) is 7.